The van der Waals surface area contributed by atoms with Crippen LogP contribution in [0.2, 0.25) is 0 Å². The molecule has 182 valence electrons. The molecule has 0 radical (unpaired) electrons. The van der Waals surface area contributed by atoms with Crippen LogP contribution in [-0.2, 0) is 4.79 Å². The van der Waals surface area contributed by atoms with Gasteiger partial charge in [-0.2, -0.15) is 0 Å². The standard InChI is InChI=1S/C28H34F2N2O2/c1-5-6-27(22-9-7-21(17-33)8-10-22)32(4)28(15-19(2)11-20(3)16-28)31-26(18-34)23-12-24(29)14-25(30)13-23/h7-10,12-14,17-20,27H,5-6,11,15-16H2,1-4H3/b31-26+. The summed E-state index contributed by atoms with van der Waals surface area (Å²) in [6, 6.07) is 10.7. The summed E-state index contributed by atoms with van der Waals surface area (Å²) in [7, 11) is 2.02. The molecule has 2 aromatic rings. The highest BCUT2D eigenvalue weighted by Crippen LogP contribution is 2.44. The molecule has 2 aromatic carbocycles. The SMILES string of the molecule is CCCC(c1ccc(C=O)cc1)N(C)C1(/N=C(\C=O)c2cc(F)cc(F)c2)CC(C)CC(C)C1. The van der Waals surface area contributed by atoms with Crippen molar-refractivity contribution in [3.05, 3.63) is 70.8 Å². The Bertz CT molecular complexity index is 1000. The Hall–Kier alpha value is -2.73. The van der Waals surface area contributed by atoms with E-state index >= 15 is 0 Å². The Kier molecular flexibility index (Phi) is 8.47. The van der Waals surface area contributed by atoms with Gasteiger partial charge in [-0.25, -0.2) is 8.78 Å². The topological polar surface area (TPSA) is 49.7 Å². The van der Waals surface area contributed by atoms with Crippen LogP contribution in [0.4, 0.5) is 8.78 Å². The van der Waals surface area contributed by atoms with Crippen molar-refractivity contribution >= 4 is 18.3 Å². The fourth-order valence-electron chi connectivity index (χ4n) is 5.54. The summed E-state index contributed by atoms with van der Waals surface area (Å²) >= 11 is 0. The minimum Gasteiger partial charge on any atom is -0.298 e. The van der Waals surface area contributed by atoms with Gasteiger partial charge in [0.1, 0.15) is 29.3 Å². The van der Waals surface area contributed by atoms with E-state index in [2.05, 4.69) is 25.7 Å². The number of rotatable bonds is 9. The highest BCUT2D eigenvalue weighted by molar-refractivity contribution is 6.36. The molecule has 3 atom stereocenters. The zero-order chi connectivity index (χ0) is 24.9. The van der Waals surface area contributed by atoms with Gasteiger partial charge in [-0.3, -0.25) is 19.5 Å². The van der Waals surface area contributed by atoms with Crippen LogP contribution in [0.1, 0.15) is 80.4 Å². The maximum atomic E-state index is 13.9. The van der Waals surface area contributed by atoms with Gasteiger partial charge in [0.2, 0.25) is 0 Å². The zero-order valence-corrected chi connectivity index (χ0v) is 20.4. The molecule has 1 aliphatic rings. The number of benzene rings is 2. The van der Waals surface area contributed by atoms with E-state index in [9.17, 15) is 18.4 Å². The largest absolute Gasteiger partial charge is 0.298 e. The number of hydrogen-bond acceptors (Lipinski definition) is 4. The maximum Gasteiger partial charge on any atom is 0.168 e. The minimum absolute atomic E-state index is 0.00380. The van der Waals surface area contributed by atoms with Gasteiger partial charge in [-0.1, -0.05) is 51.5 Å². The summed E-state index contributed by atoms with van der Waals surface area (Å²) in [5.41, 5.74) is 1.18. The van der Waals surface area contributed by atoms with Crippen LogP contribution in [-0.4, -0.2) is 35.9 Å². The van der Waals surface area contributed by atoms with E-state index in [4.69, 9.17) is 4.99 Å². The lowest BCUT2D eigenvalue weighted by atomic mass is 9.75. The van der Waals surface area contributed by atoms with E-state index in [1.807, 2.05) is 31.3 Å². The van der Waals surface area contributed by atoms with Crippen LogP contribution in [0.5, 0.6) is 0 Å². The Morgan fingerprint density at radius 1 is 1.09 bits per heavy atom. The second-order valence-corrected chi connectivity index (χ2v) is 9.81. The molecule has 34 heavy (non-hydrogen) atoms. The van der Waals surface area contributed by atoms with Crippen molar-refractivity contribution in [2.45, 2.75) is 64.6 Å². The van der Waals surface area contributed by atoms with E-state index in [1.165, 1.54) is 0 Å². The monoisotopic (exact) mass is 468 g/mol. The van der Waals surface area contributed by atoms with Crippen molar-refractivity contribution in [2.24, 2.45) is 16.8 Å². The predicted molar refractivity (Wildman–Crippen MR) is 131 cm³/mol. The molecular weight excluding hydrogens is 434 g/mol. The molecule has 0 N–H and O–H groups in total. The first-order valence-electron chi connectivity index (χ1n) is 12.0. The van der Waals surface area contributed by atoms with Gasteiger partial charge >= 0.3 is 0 Å². The van der Waals surface area contributed by atoms with E-state index in [0.717, 1.165) is 62.2 Å². The molecule has 0 bridgehead atoms. The van der Waals surface area contributed by atoms with Gasteiger partial charge < -0.3 is 0 Å². The van der Waals surface area contributed by atoms with Crippen LogP contribution >= 0.6 is 0 Å². The Labute approximate surface area is 201 Å². The van der Waals surface area contributed by atoms with Crippen molar-refractivity contribution in [3.8, 4) is 0 Å². The normalized spacial score (nSPS) is 24.1. The molecule has 1 fully saturated rings. The number of nitrogens with zero attached hydrogens (tertiary/aromatic N) is 2. The van der Waals surface area contributed by atoms with Gasteiger partial charge in [-0.05, 0) is 62.3 Å². The maximum absolute atomic E-state index is 13.9. The third-order valence-corrected chi connectivity index (χ3v) is 6.90. The molecule has 1 saturated carbocycles. The Balaban J connectivity index is 2.13. The summed E-state index contributed by atoms with van der Waals surface area (Å²) in [5.74, 6) is -0.744. The van der Waals surface area contributed by atoms with Gasteiger partial charge in [0, 0.05) is 23.2 Å². The molecule has 6 heteroatoms. The van der Waals surface area contributed by atoms with Crippen LogP contribution in [0.3, 0.4) is 0 Å². The fraction of sp³-hybridized carbons (Fsp3) is 0.464. The zero-order valence-electron chi connectivity index (χ0n) is 20.4. The summed E-state index contributed by atoms with van der Waals surface area (Å²) in [4.78, 5) is 30.5. The third kappa shape index (κ3) is 5.84. The second-order valence-electron chi connectivity index (χ2n) is 9.81. The minimum atomic E-state index is -0.739. The lowest BCUT2D eigenvalue weighted by molar-refractivity contribution is -0.102. The molecule has 0 spiro atoms. The van der Waals surface area contributed by atoms with Gasteiger partial charge in [-0.15, -0.1) is 0 Å². The summed E-state index contributed by atoms with van der Waals surface area (Å²) in [6.07, 6.45) is 5.75. The number of hydrogen-bond donors (Lipinski definition) is 0. The summed E-state index contributed by atoms with van der Waals surface area (Å²) in [5, 5.41) is 0. The van der Waals surface area contributed by atoms with E-state index in [1.54, 1.807) is 0 Å². The van der Waals surface area contributed by atoms with Gasteiger partial charge in [0.15, 0.2) is 6.29 Å². The second kappa shape index (κ2) is 11.1. The molecule has 0 heterocycles. The van der Waals surface area contributed by atoms with Crippen LogP contribution in [0.25, 0.3) is 0 Å². The van der Waals surface area contributed by atoms with Crippen molar-refractivity contribution in [1.82, 2.24) is 4.90 Å². The first-order chi connectivity index (χ1) is 16.2. The highest BCUT2D eigenvalue weighted by atomic mass is 19.1. The third-order valence-electron chi connectivity index (χ3n) is 6.90. The average molecular weight is 469 g/mol. The first-order valence-corrected chi connectivity index (χ1v) is 12.0. The molecule has 0 aliphatic heterocycles. The average Bonchev–Trinajstić information content (AvgIpc) is 2.79. The lowest BCUT2D eigenvalue weighted by Crippen LogP contribution is -2.52. The molecule has 4 nitrogen and oxygen atoms in total. The molecule has 0 aromatic heterocycles. The number of aliphatic imine (C=N–C) groups is 1. The Morgan fingerprint density at radius 3 is 2.18 bits per heavy atom. The molecule has 1 aliphatic carbocycles. The summed E-state index contributed by atoms with van der Waals surface area (Å²) in [6.45, 7) is 6.49. The lowest BCUT2D eigenvalue weighted by Gasteiger charge is -2.49. The number of carbonyl (C=O) groups is 2. The highest BCUT2D eigenvalue weighted by Gasteiger charge is 2.44. The van der Waals surface area contributed by atoms with Gasteiger partial charge in [0.05, 0.1) is 0 Å². The molecule has 0 amide bonds. The molecule has 0 saturated heterocycles. The number of carbonyl (C=O) groups excluding carboxylic acids is 2. The van der Waals surface area contributed by atoms with Gasteiger partial charge in [0.25, 0.3) is 0 Å². The van der Waals surface area contributed by atoms with Crippen LogP contribution in [0, 0.1) is 23.5 Å². The fourth-order valence-corrected chi connectivity index (χ4v) is 5.54. The van der Waals surface area contributed by atoms with E-state index in [-0.39, 0.29) is 17.3 Å². The van der Waals surface area contributed by atoms with Crippen molar-refractivity contribution < 1.29 is 18.4 Å². The van der Waals surface area contributed by atoms with E-state index < -0.39 is 17.3 Å². The first kappa shape index (κ1) is 25.9. The number of halogens is 2. The molecular formula is C28H34F2N2O2. The van der Waals surface area contributed by atoms with Crippen LogP contribution < -0.4 is 0 Å². The Morgan fingerprint density at radius 2 is 1.68 bits per heavy atom. The summed E-state index contributed by atoms with van der Waals surface area (Å²) < 4.78 is 27.9. The smallest absolute Gasteiger partial charge is 0.168 e. The van der Waals surface area contributed by atoms with Crippen molar-refractivity contribution in [1.29, 1.82) is 0 Å². The predicted octanol–water partition coefficient (Wildman–Crippen LogP) is 6.39. The van der Waals surface area contributed by atoms with Crippen molar-refractivity contribution in [3.63, 3.8) is 0 Å². The number of aldehydes is 2. The molecule has 3 unspecified atom stereocenters. The van der Waals surface area contributed by atoms with Crippen molar-refractivity contribution in [2.75, 3.05) is 7.05 Å². The van der Waals surface area contributed by atoms with E-state index in [0.29, 0.717) is 23.7 Å². The van der Waals surface area contributed by atoms with Crippen LogP contribution in [0.15, 0.2) is 47.5 Å². The molecule has 3 rings (SSSR count). The quantitative estimate of drug-likeness (QED) is 0.316.